The van der Waals surface area contributed by atoms with Crippen molar-refractivity contribution in [2.24, 2.45) is 0 Å². The Labute approximate surface area is 144 Å². The smallest absolute Gasteiger partial charge is 0.408 e. The molecule has 0 saturated carbocycles. The zero-order valence-corrected chi connectivity index (χ0v) is 15.3. The van der Waals surface area contributed by atoms with Gasteiger partial charge in [0.15, 0.2) is 0 Å². The summed E-state index contributed by atoms with van der Waals surface area (Å²) >= 11 is 0. The number of nitrogens with one attached hydrogen (secondary N) is 2. The normalized spacial score (nSPS) is 15.8. The maximum absolute atomic E-state index is 12.1. The van der Waals surface area contributed by atoms with Gasteiger partial charge in [-0.05, 0) is 40.0 Å². The highest BCUT2D eigenvalue weighted by atomic mass is 16.6. The molecule has 0 aliphatic carbocycles. The van der Waals surface area contributed by atoms with Crippen LogP contribution >= 0.6 is 0 Å². The number of nitrogens with zero attached hydrogens (tertiary/aromatic N) is 1. The summed E-state index contributed by atoms with van der Waals surface area (Å²) in [6.45, 7) is 8.49. The molecular formula is C17H31N3O4. The zero-order chi connectivity index (χ0) is 18.2. The summed E-state index contributed by atoms with van der Waals surface area (Å²) < 4.78 is 5.10. The van der Waals surface area contributed by atoms with E-state index in [2.05, 4.69) is 17.6 Å². The topological polar surface area (TPSA) is 87.7 Å². The number of likely N-dealkylation sites (tertiary alicyclic amines) is 1. The Hall–Kier alpha value is -1.79. The molecular weight excluding hydrogens is 310 g/mol. The molecule has 0 bridgehead atoms. The molecule has 3 amide bonds. The first-order valence-corrected chi connectivity index (χ1v) is 8.75. The zero-order valence-electron chi connectivity index (χ0n) is 15.3. The molecule has 1 heterocycles. The van der Waals surface area contributed by atoms with Gasteiger partial charge >= 0.3 is 6.09 Å². The predicted molar refractivity (Wildman–Crippen MR) is 91.5 cm³/mol. The van der Waals surface area contributed by atoms with E-state index in [0.717, 1.165) is 25.7 Å². The van der Waals surface area contributed by atoms with Crippen molar-refractivity contribution in [3.63, 3.8) is 0 Å². The van der Waals surface area contributed by atoms with Crippen molar-refractivity contribution in [2.75, 3.05) is 19.6 Å². The minimum Gasteiger partial charge on any atom is -0.444 e. The van der Waals surface area contributed by atoms with E-state index in [-0.39, 0.29) is 24.4 Å². The van der Waals surface area contributed by atoms with Crippen molar-refractivity contribution in [1.29, 1.82) is 0 Å². The minimum atomic E-state index is -0.589. The average Bonchev–Trinajstić information content (AvgIpc) is 2.49. The van der Waals surface area contributed by atoms with E-state index in [1.54, 1.807) is 25.7 Å². The van der Waals surface area contributed by atoms with E-state index in [1.807, 2.05) is 0 Å². The van der Waals surface area contributed by atoms with Crippen LogP contribution in [0.25, 0.3) is 0 Å². The minimum absolute atomic E-state index is 0.0670. The first kappa shape index (κ1) is 20.3. The third-order valence-electron chi connectivity index (χ3n) is 3.75. The lowest BCUT2D eigenvalue weighted by Gasteiger charge is -2.32. The predicted octanol–water partition coefficient (Wildman–Crippen LogP) is 1.81. The van der Waals surface area contributed by atoms with Crippen LogP contribution in [0.5, 0.6) is 0 Å². The Morgan fingerprint density at radius 1 is 1.17 bits per heavy atom. The van der Waals surface area contributed by atoms with Crippen LogP contribution in [-0.4, -0.2) is 54.1 Å². The van der Waals surface area contributed by atoms with E-state index >= 15 is 0 Å². The van der Waals surface area contributed by atoms with Gasteiger partial charge in [-0.1, -0.05) is 13.3 Å². The Morgan fingerprint density at radius 3 is 2.33 bits per heavy atom. The number of ether oxygens (including phenoxy) is 1. The Bertz CT molecular complexity index is 438. The monoisotopic (exact) mass is 341 g/mol. The SMILES string of the molecule is CCCCC(=O)NC1CCN(C(=O)CNC(=O)OC(C)(C)C)CC1. The van der Waals surface area contributed by atoms with Gasteiger partial charge in [-0.25, -0.2) is 4.79 Å². The van der Waals surface area contributed by atoms with Crippen molar-refractivity contribution >= 4 is 17.9 Å². The molecule has 0 aromatic heterocycles. The second kappa shape index (κ2) is 9.49. The van der Waals surface area contributed by atoms with Gasteiger partial charge in [-0.15, -0.1) is 0 Å². The van der Waals surface area contributed by atoms with E-state index in [4.69, 9.17) is 4.74 Å². The van der Waals surface area contributed by atoms with Crippen molar-refractivity contribution < 1.29 is 19.1 Å². The van der Waals surface area contributed by atoms with E-state index < -0.39 is 11.7 Å². The largest absolute Gasteiger partial charge is 0.444 e. The molecule has 24 heavy (non-hydrogen) atoms. The summed E-state index contributed by atoms with van der Waals surface area (Å²) in [6, 6.07) is 0.136. The summed E-state index contributed by atoms with van der Waals surface area (Å²) in [6.07, 6.45) is 3.38. The number of amides is 3. The van der Waals surface area contributed by atoms with Gasteiger partial charge < -0.3 is 20.3 Å². The Morgan fingerprint density at radius 2 is 1.79 bits per heavy atom. The average molecular weight is 341 g/mol. The highest BCUT2D eigenvalue weighted by molar-refractivity contribution is 5.82. The Kier molecular flexibility index (Phi) is 8.01. The number of rotatable bonds is 6. The second-order valence-corrected chi connectivity index (χ2v) is 7.18. The van der Waals surface area contributed by atoms with Gasteiger partial charge in [0.25, 0.3) is 0 Å². The fourth-order valence-electron chi connectivity index (χ4n) is 2.48. The Balaban J connectivity index is 2.25. The molecule has 2 N–H and O–H groups in total. The fourth-order valence-corrected chi connectivity index (χ4v) is 2.48. The van der Waals surface area contributed by atoms with Crippen LogP contribution in [-0.2, 0) is 14.3 Å². The lowest BCUT2D eigenvalue weighted by molar-refractivity contribution is -0.131. The molecule has 0 atom stereocenters. The maximum Gasteiger partial charge on any atom is 0.408 e. The molecule has 7 nitrogen and oxygen atoms in total. The summed E-state index contributed by atoms with van der Waals surface area (Å²) in [5.74, 6) is -0.0372. The van der Waals surface area contributed by atoms with Crippen LogP contribution in [0.2, 0.25) is 0 Å². The molecule has 1 saturated heterocycles. The van der Waals surface area contributed by atoms with Crippen LogP contribution in [0.3, 0.4) is 0 Å². The van der Waals surface area contributed by atoms with E-state index in [9.17, 15) is 14.4 Å². The molecule has 1 rings (SSSR count). The highest BCUT2D eigenvalue weighted by Gasteiger charge is 2.24. The molecule has 0 radical (unpaired) electrons. The third kappa shape index (κ3) is 8.17. The van der Waals surface area contributed by atoms with Gasteiger partial charge in [0.1, 0.15) is 12.1 Å². The summed E-state index contributed by atoms with van der Waals surface area (Å²) in [4.78, 5) is 37.1. The second-order valence-electron chi connectivity index (χ2n) is 7.18. The van der Waals surface area contributed by atoms with E-state index in [1.165, 1.54) is 0 Å². The summed E-state index contributed by atoms with van der Waals surface area (Å²) in [7, 11) is 0. The molecule has 0 aromatic rings. The van der Waals surface area contributed by atoms with Crippen LogP contribution in [0.15, 0.2) is 0 Å². The quantitative estimate of drug-likeness (QED) is 0.771. The molecule has 7 heteroatoms. The number of piperidine rings is 1. The van der Waals surface area contributed by atoms with Crippen LogP contribution in [0.1, 0.15) is 59.8 Å². The summed E-state index contributed by atoms with van der Waals surface area (Å²) in [5.41, 5.74) is -0.582. The molecule has 0 unspecified atom stereocenters. The molecule has 138 valence electrons. The highest BCUT2D eigenvalue weighted by Crippen LogP contribution is 2.11. The number of carbonyl (C=O) groups is 3. The van der Waals surface area contributed by atoms with Gasteiger partial charge in [0.05, 0.1) is 0 Å². The van der Waals surface area contributed by atoms with E-state index in [0.29, 0.717) is 19.5 Å². The molecule has 1 fully saturated rings. The number of unbranched alkanes of at least 4 members (excludes halogenated alkanes) is 1. The van der Waals surface area contributed by atoms with Crippen molar-refractivity contribution in [2.45, 2.75) is 71.4 Å². The molecule has 0 spiro atoms. The first-order chi connectivity index (χ1) is 11.2. The lowest BCUT2D eigenvalue weighted by atomic mass is 10.0. The van der Waals surface area contributed by atoms with Gasteiger partial charge in [0.2, 0.25) is 11.8 Å². The molecule has 1 aliphatic heterocycles. The number of hydrogen-bond donors (Lipinski definition) is 2. The summed E-state index contributed by atoms with van der Waals surface area (Å²) in [5, 5.41) is 5.50. The number of hydrogen-bond acceptors (Lipinski definition) is 4. The number of alkyl carbamates (subject to hydrolysis) is 1. The van der Waals surface area contributed by atoms with Gasteiger partial charge in [0, 0.05) is 25.6 Å². The van der Waals surface area contributed by atoms with Gasteiger partial charge in [-0.3, -0.25) is 9.59 Å². The first-order valence-electron chi connectivity index (χ1n) is 8.75. The van der Waals surface area contributed by atoms with Crippen molar-refractivity contribution in [3.8, 4) is 0 Å². The van der Waals surface area contributed by atoms with Crippen LogP contribution in [0.4, 0.5) is 4.79 Å². The lowest BCUT2D eigenvalue weighted by Crippen LogP contribution is -2.49. The molecule has 0 aromatic carbocycles. The molecule has 1 aliphatic rings. The van der Waals surface area contributed by atoms with Crippen LogP contribution in [0, 0.1) is 0 Å². The number of carbonyl (C=O) groups excluding carboxylic acids is 3. The van der Waals surface area contributed by atoms with Crippen molar-refractivity contribution in [1.82, 2.24) is 15.5 Å². The fraction of sp³-hybridized carbons (Fsp3) is 0.824. The van der Waals surface area contributed by atoms with Gasteiger partial charge in [-0.2, -0.15) is 0 Å². The van der Waals surface area contributed by atoms with Crippen LogP contribution < -0.4 is 10.6 Å². The third-order valence-corrected chi connectivity index (χ3v) is 3.75. The standard InChI is InChI=1S/C17H31N3O4/c1-5-6-7-14(21)19-13-8-10-20(11-9-13)15(22)12-18-16(23)24-17(2,3)4/h13H,5-12H2,1-4H3,(H,18,23)(H,19,21). The van der Waals surface area contributed by atoms with Crippen molar-refractivity contribution in [3.05, 3.63) is 0 Å². The maximum atomic E-state index is 12.1.